The first-order chi connectivity index (χ1) is 15.1. The number of nitrogens with one attached hydrogen (secondary N) is 2. The van der Waals surface area contributed by atoms with E-state index in [9.17, 15) is 9.59 Å². The molecule has 1 fully saturated rings. The molecule has 2 N–H and O–H groups in total. The average molecular weight is 453 g/mol. The van der Waals surface area contributed by atoms with Gasteiger partial charge in [-0.25, -0.2) is 0 Å². The van der Waals surface area contributed by atoms with Crippen LogP contribution in [0.3, 0.4) is 0 Å². The zero-order valence-corrected chi connectivity index (χ0v) is 18.6. The van der Waals surface area contributed by atoms with E-state index >= 15 is 0 Å². The summed E-state index contributed by atoms with van der Waals surface area (Å²) < 4.78 is 0. The number of rotatable bonds is 4. The second-order valence-electron chi connectivity index (χ2n) is 7.37. The van der Waals surface area contributed by atoms with Gasteiger partial charge in [0.1, 0.15) is 0 Å². The molecule has 0 spiro atoms. The van der Waals surface area contributed by atoms with Crippen LogP contribution in [0.4, 0.5) is 11.4 Å². The predicted octanol–water partition coefficient (Wildman–Crippen LogP) is 3.48. The molecule has 2 heterocycles. The molecular formula is C23H24N4O2S2. The van der Waals surface area contributed by atoms with E-state index in [1.165, 1.54) is 11.8 Å². The van der Waals surface area contributed by atoms with Crippen molar-refractivity contribution in [3.8, 4) is 0 Å². The zero-order valence-electron chi connectivity index (χ0n) is 17.0. The number of thiocarbonyl (C=S) groups is 1. The summed E-state index contributed by atoms with van der Waals surface area (Å²) in [5.74, 6) is 0.00850. The molecule has 1 unspecified atom stereocenters. The maximum atomic E-state index is 12.6. The van der Waals surface area contributed by atoms with Crippen LogP contribution in [-0.2, 0) is 4.79 Å². The first-order valence-electron chi connectivity index (χ1n) is 10.2. The molecule has 2 aromatic rings. The van der Waals surface area contributed by atoms with E-state index < -0.39 is 0 Å². The molecule has 31 heavy (non-hydrogen) atoms. The van der Waals surface area contributed by atoms with E-state index in [0.29, 0.717) is 18.2 Å². The lowest BCUT2D eigenvalue weighted by molar-refractivity contribution is -0.119. The van der Waals surface area contributed by atoms with Crippen LogP contribution in [0.1, 0.15) is 16.8 Å². The second kappa shape index (κ2) is 9.98. The second-order valence-corrected chi connectivity index (χ2v) is 8.89. The third kappa shape index (κ3) is 5.45. The van der Waals surface area contributed by atoms with Crippen molar-refractivity contribution in [3.63, 3.8) is 0 Å². The van der Waals surface area contributed by atoms with Gasteiger partial charge in [0.2, 0.25) is 5.91 Å². The van der Waals surface area contributed by atoms with Crippen LogP contribution in [0.15, 0.2) is 66.1 Å². The molecule has 8 heteroatoms. The first kappa shape index (κ1) is 21.4. The van der Waals surface area contributed by atoms with Gasteiger partial charge in [0.05, 0.1) is 5.25 Å². The van der Waals surface area contributed by atoms with Crippen molar-refractivity contribution >= 4 is 52.3 Å². The Morgan fingerprint density at radius 1 is 0.968 bits per heavy atom. The van der Waals surface area contributed by atoms with Crippen molar-refractivity contribution in [3.05, 3.63) is 71.6 Å². The molecule has 0 aliphatic carbocycles. The van der Waals surface area contributed by atoms with Gasteiger partial charge in [-0.3, -0.25) is 9.59 Å². The molecule has 1 saturated heterocycles. The SMILES string of the molecule is O=C(NC(=S)Nc1ccc(N2CCN(C(=O)c3ccccc3)CC2)cc1)C1CC=CS1. The number of anilines is 2. The first-order valence-corrected chi connectivity index (χ1v) is 11.6. The number of nitrogens with zero attached hydrogens (tertiary/aromatic N) is 2. The summed E-state index contributed by atoms with van der Waals surface area (Å²) in [6, 6.07) is 17.4. The molecule has 2 aliphatic rings. The van der Waals surface area contributed by atoms with Gasteiger partial charge < -0.3 is 20.4 Å². The van der Waals surface area contributed by atoms with Crippen LogP contribution in [-0.4, -0.2) is 53.3 Å². The number of carbonyl (C=O) groups is 2. The van der Waals surface area contributed by atoms with E-state index in [0.717, 1.165) is 36.4 Å². The van der Waals surface area contributed by atoms with E-state index in [4.69, 9.17) is 12.2 Å². The third-order valence-electron chi connectivity index (χ3n) is 5.30. The van der Waals surface area contributed by atoms with Gasteiger partial charge >= 0.3 is 0 Å². The number of thioether (sulfide) groups is 1. The van der Waals surface area contributed by atoms with Crippen molar-refractivity contribution in [1.29, 1.82) is 0 Å². The molecule has 6 nitrogen and oxygen atoms in total. The largest absolute Gasteiger partial charge is 0.368 e. The molecule has 0 saturated carbocycles. The average Bonchev–Trinajstić information content (AvgIpc) is 3.35. The van der Waals surface area contributed by atoms with Gasteiger partial charge in [-0.05, 0) is 60.4 Å². The fourth-order valence-electron chi connectivity index (χ4n) is 3.60. The van der Waals surface area contributed by atoms with Crippen molar-refractivity contribution < 1.29 is 9.59 Å². The Balaban J connectivity index is 1.26. The molecule has 1 atom stereocenters. The van der Waals surface area contributed by atoms with Crippen LogP contribution >= 0.6 is 24.0 Å². The summed E-state index contributed by atoms with van der Waals surface area (Å²) in [5.41, 5.74) is 2.65. The smallest absolute Gasteiger partial charge is 0.253 e. The highest BCUT2D eigenvalue weighted by Crippen LogP contribution is 2.24. The Labute approximate surface area is 191 Å². The van der Waals surface area contributed by atoms with Crippen molar-refractivity contribution in [1.82, 2.24) is 10.2 Å². The lowest BCUT2D eigenvalue weighted by Gasteiger charge is -2.36. The number of amides is 2. The van der Waals surface area contributed by atoms with E-state index in [1.807, 2.05) is 71.0 Å². The highest BCUT2D eigenvalue weighted by Gasteiger charge is 2.23. The standard InChI is InChI=1S/C23H24N4O2S2/c28-21(20-7-4-16-31-20)25-23(30)24-18-8-10-19(11-9-18)26-12-14-27(15-13-26)22(29)17-5-2-1-3-6-17/h1-6,8-11,16,20H,7,12-15H2,(H2,24,25,28,30). The lowest BCUT2D eigenvalue weighted by Crippen LogP contribution is -2.48. The predicted molar refractivity (Wildman–Crippen MR) is 130 cm³/mol. The van der Waals surface area contributed by atoms with Crippen molar-refractivity contribution in [2.45, 2.75) is 11.7 Å². The number of carbonyl (C=O) groups excluding carboxylic acids is 2. The molecule has 4 rings (SSSR count). The maximum Gasteiger partial charge on any atom is 0.253 e. The van der Waals surface area contributed by atoms with Crippen LogP contribution < -0.4 is 15.5 Å². The van der Waals surface area contributed by atoms with Gasteiger partial charge in [0.15, 0.2) is 5.11 Å². The third-order valence-corrected chi connectivity index (χ3v) is 6.59. The topological polar surface area (TPSA) is 64.7 Å². The minimum Gasteiger partial charge on any atom is -0.368 e. The molecule has 0 aromatic heterocycles. The minimum absolute atomic E-state index is 0.0768. The number of allylic oxidation sites excluding steroid dienone is 1. The molecule has 0 radical (unpaired) electrons. The number of piperazine rings is 1. The van der Waals surface area contributed by atoms with Crippen LogP contribution in [0, 0.1) is 0 Å². The summed E-state index contributed by atoms with van der Waals surface area (Å²) in [4.78, 5) is 28.9. The Bertz CT molecular complexity index is 963. The molecule has 160 valence electrons. The van der Waals surface area contributed by atoms with Gasteiger partial charge in [-0.15, -0.1) is 11.8 Å². The van der Waals surface area contributed by atoms with Crippen LogP contribution in [0.5, 0.6) is 0 Å². The number of hydrogen-bond acceptors (Lipinski definition) is 5. The molecule has 2 amide bonds. The summed E-state index contributed by atoms with van der Waals surface area (Å²) in [6.07, 6.45) is 2.72. The van der Waals surface area contributed by atoms with Crippen molar-refractivity contribution in [2.75, 3.05) is 36.4 Å². The Morgan fingerprint density at radius 3 is 2.32 bits per heavy atom. The summed E-state index contributed by atoms with van der Waals surface area (Å²) in [5, 5.41) is 7.96. The van der Waals surface area contributed by atoms with Gasteiger partial charge in [0, 0.05) is 43.1 Å². The molecule has 2 aromatic carbocycles. The van der Waals surface area contributed by atoms with Gasteiger partial charge in [-0.1, -0.05) is 24.3 Å². The Morgan fingerprint density at radius 2 is 1.68 bits per heavy atom. The highest BCUT2D eigenvalue weighted by molar-refractivity contribution is 8.03. The van der Waals surface area contributed by atoms with E-state index in [-0.39, 0.29) is 17.1 Å². The lowest BCUT2D eigenvalue weighted by atomic mass is 10.1. The zero-order chi connectivity index (χ0) is 21.6. The van der Waals surface area contributed by atoms with Crippen LogP contribution in [0.2, 0.25) is 0 Å². The molecule has 2 aliphatic heterocycles. The summed E-state index contributed by atoms with van der Waals surface area (Å²) >= 11 is 6.77. The minimum atomic E-state index is -0.102. The normalized spacial score (nSPS) is 18.0. The quantitative estimate of drug-likeness (QED) is 0.693. The fourth-order valence-corrected chi connectivity index (χ4v) is 4.63. The Hall–Kier alpha value is -2.84. The highest BCUT2D eigenvalue weighted by atomic mass is 32.2. The van der Waals surface area contributed by atoms with E-state index in [2.05, 4.69) is 15.5 Å². The summed E-state index contributed by atoms with van der Waals surface area (Å²) in [7, 11) is 0. The number of hydrogen-bond donors (Lipinski definition) is 2. The van der Waals surface area contributed by atoms with E-state index in [1.54, 1.807) is 0 Å². The fraction of sp³-hybridized carbons (Fsp3) is 0.261. The van der Waals surface area contributed by atoms with Crippen molar-refractivity contribution in [2.24, 2.45) is 0 Å². The summed E-state index contributed by atoms with van der Waals surface area (Å²) in [6.45, 7) is 2.95. The molecule has 0 bridgehead atoms. The van der Waals surface area contributed by atoms with Gasteiger partial charge in [-0.2, -0.15) is 0 Å². The number of benzene rings is 2. The maximum absolute atomic E-state index is 12.6. The van der Waals surface area contributed by atoms with Crippen LogP contribution in [0.25, 0.3) is 0 Å². The molecular weight excluding hydrogens is 428 g/mol. The van der Waals surface area contributed by atoms with Gasteiger partial charge in [0.25, 0.3) is 5.91 Å². The Kier molecular flexibility index (Phi) is 6.89. The monoisotopic (exact) mass is 452 g/mol.